The second-order valence-electron chi connectivity index (χ2n) is 8.74. The van der Waals surface area contributed by atoms with Crippen LogP contribution in [0.3, 0.4) is 0 Å². The van der Waals surface area contributed by atoms with Crippen LogP contribution in [0.2, 0.25) is 0 Å². The average molecular weight is 545 g/mol. The van der Waals surface area contributed by atoms with Crippen molar-refractivity contribution in [3.63, 3.8) is 0 Å². The number of ether oxygens (including phenoxy) is 4. The second kappa shape index (κ2) is 12.3. The lowest BCUT2D eigenvalue weighted by atomic mass is 9.74. The molecule has 1 aliphatic carbocycles. The molecule has 0 unspecified atom stereocenters. The zero-order valence-electron chi connectivity index (χ0n) is 21.0. The minimum atomic E-state index is -1.73. The first kappa shape index (κ1) is 29.0. The van der Waals surface area contributed by atoms with Gasteiger partial charge in [-0.25, -0.2) is 9.59 Å². The van der Waals surface area contributed by atoms with Gasteiger partial charge in [0.15, 0.2) is 28.6 Å². The summed E-state index contributed by atoms with van der Waals surface area (Å²) in [5.74, 6) is -5.54. The molecule has 2 aromatic carbocycles. The minimum absolute atomic E-state index is 0.316. The van der Waals surface area contributed by atoms with Crippen molar-refractivity contribution in [3.8, 4) is 23.0 Å². The summed E-state index contributed by atoms with van der Waals surface area (Å²) in [5.41, 5.74) is -0.979. The van der Waals surface area contributed by atoms with E-state index in [9.17, 15) is 39.9 Å². The number of methoxy groups -OCH3 is 2. The Balaban J connectivity index is 1.78. The molecule has 0 heterocycles. The fourth-order valence-corrected chi connectivity index (χ4v) is 4.11. The molecule has 0 radical (unpaired) electrons. The van der Waals surface area contributed by atoms with E-state index in [0.29, 0.717) is 11.1 Å². The first-order valence-corrected chi connectivity index (χ1v) is 11.6. The van der Waals surface area contributed by atoms with Crippen LogP contribution in [-0.2, 0) is 33.3 Å². The van der Waals surface area contributed by atoms with Crippen molar-refractivity contribution >= 4 is 30.1 Å². The molecular weight excluding hydrogens is 516 g/mol. The molecule has 39 heavy (non-hydrogen) atoms. The first-order chi connectivity index (χ1) is 18.5. The first-order valence-electron chi connectivity index (χ1n) is 11.6. The van der Waals surface area contributed by atoms with Crippen LogP contribution in [-0.4, -0.2) is 75.5 Å². The fraction of sp³-hybridized carbons (Fsp3) is 0.296. The van der Waals surface area contributed by atoms with E-state index in [1.54, 1.807) is 0 Å². The highest BCUT2D eigenvalue weighted by Crippen LogP contribution is 2.39. The number of esters is 3. The third kappa shape index (κ3) is 6.86. The predicted molar refractivity (Wildman–Crippen MR) is 134 cm³/mol. The van der Waals surface area contributed by atoms with Crippen molar-refractivity contribution < 1.29 is 58.9 Å². The number of aliphatic hydroxyl groups excluding tert-OH is 1. The quantitative estimate of drug-likeness (QED) is 0.107. The van der Waals surface area contributed by atoms with Crippen LogP contribution in [0.5, 0.6) is 23.0 Å². The summed E-state index contributed by atoms with van der Waals surface area (Å²) < 4.78 is 20.7. The Bertz CT molecular complexity index is 1280. The van der Waals surface area contributed by atoms with Gasteiger partial charge in [0.05, 0.1) is 19.3 Å². The van der Waals surface area contributed by atoms with Crippen molar-refractivity contribution in [1.29, 1.82) is 0 Å². The normalized spacial score (nSPS) is 23.0. The zero-order valence-corrected chi connectivity index (χ0v) is 21.0. The number of carbonyl (C=O) groups is 3. The van der Waals surface area contributed by atoms with E-state index in [1.807, 2.05) is 0 Å². The topological polar surface area (TPSA) is 189 Å². The summed E-state index contributed by atoms with van der Waals surface area (Å²) in [6, 6.07) is 7.78. The van der Waals surface area contributed by atoms with Gasteiger partial charge >= 0.3 is 17.9 Å². The van der Waals surface area contributed by atoms with E-state index in [1.165, 1.54) is 55.7 Å². The molecule has 0 bridgehead atoms. The van der Waals surface area contributed by atoms with Crippen LogP contribution in [0.25, 0.3) is 12.2 Å². The number of hydrogen-bond acceptors (Lipinski definition) is 12. The van der Waals surface area contributed by atoms with Gasteiger partial charge in [-0.2, -0.15) is 0 Å². The van der Waals surface area contributed by atoms with Gasteiger partial charge in [-0.05, 0) is 47.5 Å². The van der Waals surface area contributed by atoms with Crippen LogP contribution in [0.15, 0.2) is 48.7 Å². The Kier molecular flexibility index (Phi) is 9.17. The lowest BCUT2D eigenvalue weighted by Gasteiger charge is -2.42. The van der Waals surface area contributed by atoms with Crippen LogP contribution < -0.4 is 0 Å². The third-order valence-corrected chi connectivity index (χ3v) is 6.25. The Morgan fingerprint density at radius 3 is 2.00 bits per heavy atom. The van der Waals surface area contributed by atoms with Gasteiger partial charge in [0.1, 0.15) is 12.2 Å². The molecule has 0 aliphatic heterocycles. The van der Waals surface area contributed by atoms with Crippen molar-refractivity contribution in [2.24, 2.45) is 5.92 Å². The van der Waals surface area contributed by atoms with Crippen LogP contribution in [0.1, 0.15) is 24.0 Å². The van der Waals surface area contributed by atoms with Gasteiger partial charge in [-0.1, -0.05) is 12.1 Å². The fourth-order valence-electron chi connectivity index (χ4n) is 4.11. The highest BCUT2D eigenvalue weighted by atomic mass is 16.6. The van der Waals surface area contributed by atoms with E-state index in [-0.39, 0.29) is 30.1 Å². The summed E-state index contributed by atoms with van der Waals surface area (Å²) in [6.45, 7) is 0. The summed E-state index contributed by atoms with van der Waals surface area (Å²) in [4.78, 5) is 38.0. The molecule has 2 aromatic rings. The molecule has 0 aromatic heterocycles. The average Bonchev–Trinajstić information content (AvgIpc) is 2.92. The van der Waals surface area contributed by atoms with Gasteiger partial charge < -0.3 is 44.5 Å². The number of phenolic OH excluding ortho intramolecular Hbond substituents is 4. The second-order valence-corrected chi connectivity index (χ2v) is 8.74. The molecule has 4 atom stereocenters. The highest BCUT2D eigenvalue weighted by Gasteiger charge is 2.55. The standard InChI is InChI=1S/C27H28O12/c1-36-26(35)27(37-2)13-17(25(34)38-10-9-16-4-7-19(29)21(31)12-16)24(33)22(14-27)39-23(32)8-5-15-3-6-18(28)20(30)11-15/h3-12,17,22,24,28-31,33H,13-14H2,1-2H3/b8-5+,10-9+/t17-,22-,24+,27-/m1/s1. The van der Waals surface area contributed by atoms with Crippen LogP contribution in [0.4, 0.5) is 0 Å². The van der Waals surface area contributed by atoms with Gasteiger partial charge in [-0.3, -0.25) is 4.79 Å². The number of aromatic hydroxyl groups is 4. The maximum Gasteiger partial charge on any atom is 0.338 e. The number of rotatable bonds is 8. The van der Waals surface area contributed by atoms with E-state index in [0.717, 1.165) is 19.4 Å². The lowest BCUT2D eigenvalue weighted by molar-refractivity contribution is -0.200. The van der Waals surface area contributed by atoms with Gasteiger partial charge in [-0.15, -0.1) is 0 Å². The molecule has 1 saturated carbocycles. The van der Waals surface area contributed by atoms with Crippen molar-refractivity contribution in [2.45, 2.75) is 30.7 Å². The maximum atomic E-state index is 12.9. The molecule has 5 N–H and O–H groups in total. The molecule has 0 spiro atoms. The van der Waals surface area contributed by atoms with Gasteiger partial charge in [0.2, 0.25) is 0 Å². The Morgan fingerprint density at radius 1 is 0.872 bits per heavy atom. The number of hydrogen-bond donors (Lipinski definition) is 5. The lowest BCUT2D eigenvalue weighted by Crippen LogP contribution is -2.58. The largest absolute Gasteiger partial charge is 0.504 e. The molecule has 1 fully saturated rings. The molecule has 208 valence electrons. The van der Waals surface area contributed by atoms with E-state index >= 15 is 0 Å². The molecule has 12 heteroatoms. The van der Waals surface area contributed by atoms with Crippen molar-refractivity contribution in [3.05, 3.63) is 59.9 Å². The van der Waals surface area contributed by atoms with E-state index < -0.39 is 47.4 Å². The van der Waals surface area contributed by atoms with Crippen LogP contribution in [0, 0.1) is 5.92 Å². The molecule has 1 aliphatic rings. The zero-order chi connectivity index (χ0) is 28.7. The molecule has 0 saturated heterocycles. The molecule has 3 rings (SSSR count). The highest BCUT2D eigenvalue weighted by molar-refractivity contribution is 5.88. The third-order valence-electron chi connectivity index (χ3n) is 6.25. The van der Waals surface area contributed by atoms with E-state index in [2.05, 4.69) is 0 Å². The minimum Gasteiger partial charge on any atom is -0.504 e. The summed E-state index contributed by atoms with van der Waals surface area (Å²) in [6.07, 6.45) is 1.01. The summed E-state index contributed by atoms with van der Waals surface area (Å²) in [7, 11) is 2.33. The van der Waals surface area contributed by atoms with Gasteiger partial charge in [0.25, 0.3) is 0 Å². The molecule has 12 nitrogen and oxygen atoms in total. The summed E-state index contributed by atoms with van der Waals surface area (Å²) in [5, 5.41) is 48.9. The van der Waals surface area contributed by atoms with Crippen molar-refractivity contribution in [2.75, 3.05) is 14.2 Å². The molecular formula is C27H28O12. The molecule has 0 amide bonds. The maximum absolute atomic E-state index is 12.9. The number of aliphatic hydroxyl groups is 1. The Hall–Kier alpha value is -4.55. The van der Waals surface area contributed by atoms with Crippen molar-refractivity contribution in [1.82, 2.24) is 0 Å². The Labute approximate surface area is 222 Å². The van der Waals surface area contributed by atoms with E-state index in [4.69, 9.17) is 18.9 Å². The predicted octanol–water partition coefficient (Wildman–Crippen LogP) is 1.98. The van der Waals surface area contributed by atoms with Gasteiger partial charge in [0, 0.05) is 26.0 Å². The Morgan fingerprint density at radius 2 is 1.46 bits per heavy atom. The SMILES string of the molecule is COC(=O)[C@]1(OC)C[C@@H](OC(=O)/C=C/c2ccc(O)c(O)c2)[C@@H](O)[C@H](C(=O)O/C=C/c2ccc(O)c(O)c2)C1. The van der Waals surface area contributed by atoms with Crippen LogP contribution >= 0.6 is 0 Å². The smallest absolute Gasteiger partial charge is 0.338 e. The summed E-state index contributed by atoms with van der Waals surface area (Å²) >= 11 is 0. The number of carbonyl (C=O) groups excluding carboxylic acids is 3. The monoisotopic (exact) mass is 544 g/mol. The number of phenols is 4. The number of benzene rings is 2.